The molecule has 0 spiro atoms. The molecule has 17 heavy (non-hydrogen) atoms. The molecule has 1 heterocycles. The second-order valence-corrected chi connectivity index (χ2v) is 3.49. The summed E-state index contributed by atoms with van der Waals surface area (Å²) in [5, 5.41) is 16.3. The number of rotatable bonds is 3. The summed E-state index contributed by atoms with van der Waals surface area (Å²) in [5.74, 6) is -1.32. The Morgan fingerprint density at radius 2 is 2.18 bits per heavy atom. The summed E-state index contributed by atoms with van der Waals surface area (Å²) in [4.78, 5) is 11.0. The Kier molecular flexibility index (Phi) is 2.78. The third-order valence-corrected chi connectivity index (χ3v) is 2.27. The molecule has 0 unspecified atom stereocenters. The third kappa shape index (κ3) is 1.96. The first-order valence-electron chi connectivity index (χ1n) is 4.93. The molecule has 0 aliphatic heterocycles. The summed E-state index contributed by atoms with van der Waals surface area (Å²) in [5.41, 5.74) is 1.67. The van der Waals surface area contributed by atoms with Gasteiger partial charge >= 0.3 is 12.0 Å². The van der Waals surface area contributed by atoms with Crippen molar-refractivity contribution in [3.63, 3.8) is 0 Å². The molecule has 88 valence electrons. The quantitative estimate of drug-likeness (QED) is 0.864. The zero-order valence-corrected chi connectivity index (χ0v) is 9.41. The van der Waals surface area contributed by atoms with Gasteiger partial charge in [-0.15, -0.1) is 5.10 Å². The Balaban J connectivity index is 2.64. The highest BCUT2D eigenvalue weighted by molar-refractivity contribution is 5.84. The summed E-state index contributed by atoms with van der Waals surface area (Å²) in [6, 6.07) is 7.49. The molecule has 0 atom stereocenters. The molecule has 2 rings (SSSR count). The number of methoxy groups -OCH3 is 1. The third-order valence-electron chi connectivity index (χ3n) is 2.27. The first-order valence-corrected chi connectivity index (χ1v) is 4.93. The Morgan fingerprint density at radius 3 is 2.76 bits per heavy atom. The Morgan fingerprint density at radius 1 is 1.41 bits per heavy atom. The molecular formula is C11H11N3O3. The van der Waals surface area contributed by atoms with E-state index in [9.17, 15) is 4.79 Å². The number of aryl methyl sites for hydroxylation is 1. The van der Waals surface area contributed by atoms with Crippen LogP contribution in [0.5, 0.6) is 6.01 Å². The summed E-state index contributed by atoms with van der Waals surface area (Å²) < 4.78 is 6.35. The Bertz CT molecular complexity index is 563. The predicted molar refractivity (Wildman–Crippen MR) is 59.6 cm³/mol. The smallest absolute Gasteiger partial charge is 0.374 e. The number of benzene rings is 1. The second-order valence-electron chi connectivity index (χ2n) is 3.49. The second kappa shape index (κ2) is 4.25. The topological polar surface area (TPSA) is 77.2 Å². The standard InChI is InChI=1S/C11H11N3O3/c1-7-4-3-5-8(6-7)14-9(10(15)16)12-13-11(14)17-2/h3-6H,1-2H3,(H,15,16). The van der Waals surface area contributed by atoms with Gasteiger partial charge in [0.25, 0.3) is 0 Å². The van der Waals surface area contributed by atoms with Gasteiger partial charge in [-0.3, -0.25) is 0 Å². The van der Waals surface area contributed by atoms with Crippen LogP contribution < -0.4 is 4.74 Å². The van der Waals surface area contributed by atoms with Crippen LogP contribution in [0, 0.1) is 6.92 Å². The van der Waals surface area contributed by atoms with Crippen molar-refractivity contribution in [2.24, 2.45) is 0 Å². The van der Waals surface area contributed by atoms with E-state index in [-0.39, 0.29) is 11.8 Å². The van der Waals surface area contributed by atoms with Crippen LogP contribution in [0.15, 0.2) is 24.3 Å². The van der Waals surface area contributed by atoms with Crippen LogP contribution in [0.3, 0.4) is 0 Å². The van der Waals surface area contributed by atoms with E-state index in [4.69, 9.17) is 9.84 Å². The number of carboxylic acid groups (broad SMARTS) is 1. The molecule has 2 aromatic rings. The number of aromatic nitrogens is 3. The molecule has 6 heteroatoms. The largest absolute Gasteiger partial charge is 0.475 e. The molecule has 0 aliphatic carbocycles. The minimum atomic E-state index is -1.15. The monoisotopic (exact) mass is 233 g/mol. The fourth-order valence-electron chi connectivity index (χ4n) is 1.54. The van der Waals surface area contributed by atoms with Crippen LogP contribution in [0.2, 0.25) is 0 Å². The molecule has 6 nitrogen and oxygen atoms in total. The normalized spacial score (nSPS) is 10.2. The highest BCUT2D eigenvalue weighted by Crippen LogP contribution is 2.19. The lowest BCUT2D eigenvalue weighted by molar-refractivity contribution is 0.0680. The molecule has 1 aromatic heterocycles. The van der Waals surface area contributed by atoms with Gasteiger partial charge in [-0.1, -0.05) is 17.2 Å². The average Bonchev–Trinajstić information content (AvgIpc) is 2.72. The van der Waals surface area contributed by atoms with Gasteiger partial charge in [-0.2, -0.15) is 0 Å². The van der Waals surface area contributed by atoms with Gasteiger partial charge in [0.1, 0.15) is 0 Å². The SMILES string of the molecule is COc1nnc(C(=O)O)n1-c1cccc(C)c1. The van der Waals surface area contributed by atoms with Gasteiger partial charge in [0.15, 0.2) is 0 Å². The van der Waals surface area contributed by atoms with E-state index < -0.39 is 5.97 Å². The van der Waals surface area contributed by atoms with Crippen molar-refractivity contribution >= 4 is 5.97 Å². The van der Waals surface area contributed by atoms with Crippen molar-refractivity contribution in [1.82, 2.24) is 14.8 Å². The van der Waals surface area contributed by atoms with Crippen molar-refractivity contribution < 1.29 is 14.6 Å². The molecule has 1 N–H and O–H groups in total. The summed E-state index contributed by atoms with van der Waals surface area (Å²) >= 11 is 0. The number of carboxylic acids is 1. The van der Waals surface area contributed by atoms with Crippen molar-refractivity contribution in [2.45, 2.75) is 6.92 Å². The van der Waals surface area contributed by atoms with Gasteiger partial charge in [-0.25, -0.2) is 9.36 Å². The van der Waals surface area contributed by atoms with Crippen molar-refractivity contribution in [1.29, 1.82) is 0 Å². The van der Waals surface area contributed by atoms with E-state index >= 15 is 0 Å². The minimum absolute atomic E-state index is 0.146. The van der Waals surface area contributed by atoms with E-state index in [1.54, 1.807) is 6.07 Å². The molecule has 1 aromatic carbocycles. The molecular weight excluding hydrogens is 222 g/mol. The zero-order chi connectivity index (χ0) is 12.4. The fourth-order valence-corrected chi connectivity index (χ4v) is 1.54. The molecule has 0 saturated carbocycles. The molecule has 0 radical (unpaired) electrons. The summed E-state index contributed by atoms with van der Waals surface area (Å²) in [6.45, 7) is 1.92. The van der Waals surface area contributed by atoms with E-state index in [0.717, 1.165) is 5.56 Å². The number of aromatic carboxylic acids is 1. The van der Waals surface area contributed by atoms with E-state index in [2.05, 4.69) is 10.2 Å². The van der Waals surface area contributed by atoms with Gasteiger partial charge < -0.3 is 9.84 Å². The predicted octanol–water partition coefficient (Wildman–Crippen LogP) is 1.28. The molecule has 0 aliphatic rings. The lowest BCUT2D eigenvalue weighted by Crippen LogP contribution is -2.09. The highest BCUT2D eigenvalue weighted by atomic mass is 16.5. The fraction of sp³-hybridized carbons (Fsp3) is 0.182. The number of hydrogen-bond acceptors (Lipinski definition) is 4. The number of hydrogen-bond donors (Lipinski definition) is 1. The van der Waals surface area contributed by atoms with Crippen molar-refractivity contribution in [3.05, 3.63) is 35.7 Å². The van der Waals surface area contributed by atoms with E-state index in [1.165, 1.54) is 11.7 Å². The van der Waals surface area contributed by atoms with Gasteiger partial charge in [0, 0.05) is 0 Å². The van der Waals surface area contributed by atoms with Gasteiger partial charge in [-0.05, 0) is 24.6 Å². The van der Waals surface area contributed by atoms with E-state index in [0.29, 0.717) is 5.69 Å². The Hall–Kier alpha value is -2.37. The molecule has 0 bridgehead atoms. The zero-order valence-electron chi connectivity index (χ0n) is 9.41. The maximum Gasteiger partial charge on any atom is 0.374 e. The Labute approximate surface area is 97.5 Å². The molecule has 0 fully saturated rings. The lowest BCUT2D eigenvalue weighted by atomic mass is 10.2. The van der Waals surface area contributed by atoms with Crippen LogP contribution in [-0.2, 0) is 0 Å². The van der Waals surface area contributed by atoms with Crippen LogP contribution in [-0.4, -0.2) is 33.0 Å². The maximum absolute atomic E-state index is 11.0. The number of carbonyl (C=O) groups is 1. The van der Waals surface area contributed by atoms with Crippen LogP contribution in [0.4, 0.5) is 0 Å². The number of nitrogens with zero attached hydrogens (tertiary/aromatic N) is 3. The minimum Gasteiger partial charge on any atom is -0.475 e. The first kappa shape index (κ1) is 11.1. The van der Waals surface area contributed by atoms with Crippen LogP contribution >= 0.6 is 0 Å². The van der Waals surface area contributed by atoms with Crippen LogP contribution in [0.25, 0.3) is 5.69 Å². The van der Waals surface area contributed by atoms with Gasteiger partial charge in [0.05, 0.1) is 12.8 Å². The van der Waals surface area contributed by atoms with E-state index in [1.807, 2.05) is 25.1 Å². The van der Waals surface area contributed by atoms with Crippen molar-refractivity contribution in [3.8, 4) is 11.7 Å². The molecule has 0 saturated heterocycles. The highest BCUT2D eigenvalue weighted by Gasteiger charge is 2.19. The average molecular weight is 233 g/mol. The van der Waals surface area contributed by atoms with Crippen LogP contribution in [0.1, 0.15) is 16.2 Å². The maximum atomic E-state index is 11.0. The summed E-state index contributed by atoms with van der Waals surface area (Å²) in [6.07, 6.45) is 0. The van der Waals surface area contributed by atoms with Crippen molar-refractivity contribution in [2.75, 3.05) is 7.11 Å². The van der Waals surface area contributed by atoms with Gasteiger partial charge in [0.2, 0.25) is 5.82 Å². The first-order chi connectivity index (χ1) is 8.13. The summed E-state index contributed by atoms with van der Waals surface area (Å²) in [7, 11) is 1.42. The number of ether oxygens (including phenoxy) is 1. The lowest BCUT2D eigenvalue weighted by Gasteiger charge is -2.07. The molecule has 0 amide bonds.